The van der Waals surface area contributed by atoms with Gasteiger partial charge < -0.3 is 19.5 Å². The molecule has 0 saturated heterocycles. The molecule has 1 aromatic rings. The molecule has 1 rings (SSSR count). The monoisotopic (exact) mass is 296 g/mol. The van der Waals surface area contributed by atoms with E-state index in [1.165, 1.54) is 6.42 Å². The average molecular weight is 296 g/mol. The zero-order valence-electron chi connectivity index (χ0n) is 13.1. The molecule has 0 unspecified atom stereocenters. The smallest absolute Gasteiger partial charge is 0.0701 e. The van der Waals surface area contributed by atoms with Gasteiger partial charge in [0.1, 0.15) is 0 Å². The van der Waals surface area contributed by atoms with Crippen molar-refractivity contribution < 1.29 is 14.2 Å². The van der Waals surface area contributed by atoms with E-state index in [0.29, 0.717) is 33.0 Å². The summed E-state index contributed by atoms with van der Waals surface area (Å²) in [6.45, 7) is 7.82. The van der Waals surface area contributed by atoms with Crippen LogP contribution in [0.2, 0.25) is 0 Å². The van der Waals surface area contributed by atoms with Crippen molar-refractivity contribution >= 4 is 0 Å². The predicted molar refractivity (Wildman–Crippen MR) is 83.3 cm³/mol. The first-order valence-electron chi connectivity index (χ1n) is 7.77. The van der Waals surface area contributed by atoms with Crippen LogP contribution in [-0.4, -0.2) is 51.2 Å². The van der Waals surface area contributed by atoms with Crippen molar-refractivity contribution in [1.29, 1.82) is 0 Å². The molecule has 1 heterocycles. The summed E-state index contributed by atoms with van der Waals surface area (Å²) in [5.41, 5.74) is 1.05. The topological polar surface area (TPSA) is 52.6 Å². The van der Waals surface area contributed by atoms with Crippen LogP contribution in [0, 0.1) is 0 Å². The lowest BCUT2D eigenvalue weighted by atomic mass is 10.3. The Labute approximate surface area is 128 Å². The highest BCUT2D eigenvalue weighted by Gasteiger charge is 1.93. The second-order valence-electron chi connectivity index (χ2n) is 4.69. The Hall–Kier alpha value is -1.01. The van der Waals surface area contributed by atoms with Crippen LogP contribution in [0.15, 0.2) is 24.4 Å². The Morgan fingerprint density at radius 2 is 1.67 bits per heavy atom. The van der Waals surface area contributed by atoms with E-state index >= 15 is 0 Å². The number of pyridine rings is 1. The Kier molecular flexibility index (Phi) is 12.0. The van der Waals surface area contributed by atoms with Crippen molar-refractivity contribution in [2.75, 3.05) is 46.2 Å². The van der Waals surface area contributed by atoms with Crippen molar-refractivity contribution in [3.63, 3.8) is 0 Å². The molecule has 0 aliphatic heterocycles. The fraction of sp³-hybridized carbons (Fsp3) is 0.688. The van der Waals surface area contributed by atoms with Gasteiger partial charge in [-0.15, -0.1) is 0 Å². The number of aromatic nitrogens is 1. The van der Waals surface area contributed by atoms with Gasteiger partial charge in [0.05, 0.1) is 38.7 Å². The summed E-state index contributed by atoms with van der Waals surface area (Å²) in [4.78, 5) is 4.24. The van der Waals surface area contributed by atoms with Crippen LogP contribution in [0.4, 0.5) is 0 Å². The Balaban J connectivity index is 1.75. The third-order valence-corrected chi connectivity index (χ3v) is 2.84. The summed E-state index contributed by atoms with van der Waals surface area (Å²) in [6.07, 6.45) is 4.09. The van der Waals surface area contributed by atoms with Gasteiger partial charge in [-0.2, -0.15) is 0 Å². The zero-order chi connectivity index (χ0) is 15.0. The van der Waals surface area contributed by atoms with E-state index in [2.05, 4.69) is 17.2 Å². The molecule has 0 spiro atoms. The lowest BCUT2D eigenvalue weighted by Gasteiger charge is -2.07. The van der Waals surface area contributed by atoms with Crippen LogP contribution in [0.25, 0.3) is 0 Å². The number of nitrogens with one attached hydrogen (secondary N) is 1. The summed E-state index contributed by atoms with van der Waals surface area (Å²) in [5, 5.41) is 3.28. The zero-order valence-corrected chi connectivity index (χ0v) is 13.1. The van der Waals surface area contributed by atoms with Gasteiger partial charge >= 0.3 is 0 Å². The summed E-state index contributed by atoms with van der Waals surface area (Å²) in [6, 6.07) is 5.91. The molecule has 5 heteroatoms. The van der Waals surface area contributed by atoms with E-state index < -0.39 is 0 Å². The normalized spacial score (nSPS) is 10.9. The third-order valence-electron chi connectivity index (χ3n) is 2.84. The summed E-state index contributed by atoms with van der Waals surface area (Å²) < 4.78 is 16.3. The first-order valence-corrected chi connectivity index (χ1v) is 7.77. The van der Waals surface area contributed by atoms with Crippen LogP contribution in [0.3, 0.4) is 0 Å². The molecule has 0 aromatic carbocycles. The second-order valence-corrected chi connectivity index (χ2v) is 4.69. The average Bonchev–Trinajstić information content (AvgIpc) is 2.53. The van der Waals surface area contributed by atoms with Crippen LogP contribution < -0.4 is 5.32 Å². The highest BCUT2D eigenvalue weighted by Crippen LogP contribution is 1.91. The third kappa shape index (κ3) is 11.3. The molecule has 0 saturated carbocycles. The van der Waals surface area contributed by atoms with Gasteiger partial charge in [-0.25, -0.2) is 0 Å². The van der Waals surface area contributed by atoms with E-state index in [4.69, 9.17) is 14.2 Å². The number of ether oxygens (including phenoxy) is 3. The molecule has 0 fully saturated rings. The molecule has 0 aliphatic rings. The molecular weight excluding hydrogens is 268 g/mol. The number of hydrogen-bond donors (Lipinski definition) is 1. The van der Waals surface area contributed by atoms with Crippen molar-refractivity contribution in [2.45, 2.75) is 26.3 Å². The maximum atomic E-state index is 5.47. The van der Waals surface area contributed by atoms with Gasteiger partial charge in [0, 0.05) is 25.9 Å². The second kappa shape index (κ2) is 13.9. The van der Waals surface area contributed by atoms with Gasteiger partial charge in [-0.05, 0) is 18.6 Å². The SMILES string of the molecule is CCCCOCCOCCOCCNCc1ccccn1. The Morgan fingerprint density at radius 3 is 2.33 bits per heavy atom. The standard InChI is InChI=1S/C16H28N2O3/c1-2-3-9-19-11-13-21-14-12-20-10-8-17-15-16-6-4-5-7-18-16/h4-7,17H,2-3,8-15H2,1H3. The molecule has 21 heavy (non-hydrogen) atoms. The molecule has 0 aliphatic carbocycles. The van der Waals surface area contributed by atoms with Gasteiger partial charge in [-0.3, -0.25) is 4.98 Å². The van der Waals surface area contributed by atoms with Crippen molar-refractivity contribution in [2.24, 2.45) is 0 Å². The summed E-state index contributed by atoms with van der Waals surface area (Å²) in [5.74, 6) is 0. The molecule has 120 valence electrons. The highest BCUT2D eigenvalue weighted by atomic mass is 16.5. The molecule has 1 N–H and O–H groups in total. The molecule has 0 bridgehead atoms. The number of hydrogen-bond acceptors (Lipinski definition) is 5. The Bertz CT molecular complexity index is 323. The van der Waals surface area contributed by atoms with E-state index in [9.17, 15) is 0 Å². The van der Waals surface area contributed by atoms with E-state index in [1.807, 2.05) is 18.2 Å². The largest absolute Gasteiger partial charge is 0.379 e. The first-order chi connectivity index (χ1) is 10.4. The number of rotatable bonds is 14. The van der Waals surface area contributed by atoms with Crippen LogP contribution >= 0.6 is 0 Å². The van der Waals surface area contributed by atoms with Crippen LogP contribution in [0.1, 0.15) is 25.5 Å². The van der Waals surface area contributed by atoms with Crippen LogP contribution in [-0.2, 0) is 20.8 Å². The lowest BCUT2D eigenvalue weighted by Crippen LogP contribution is -2.21. The van der Waals surface area contributed by atoms with Crippen molar-refractivity contribution in [3.8, 4) is 0 Å². The maximum Gasteiger partial charge on any atom is 0.0701 e. The molecule has 5 nitrogen and oxygen atoms in total. The van der Waals surface area contributed by atoms with Crippen LogP contribution in [0.5, 0.6) is 0 Å². The van der Waals surface area contributed by atoms with Crippen molar-refractivity contribution in [3.05, 3.63) is 30.1 Å². The Morgan fingerprint density at radius 1 is 0.952 bits per heavy atom. The minimum atomic E-state index is 0.622. The predicted octanol–water partition coefficient (Wildman–Crippen LogP) is 2.02. The molecular formula is C16H28N2O3. The van der Waals surface area contributed by atoms with Gasteiger partial charge in [0.25, 0.3) is 0 Å². The minimum absolute atomic E-state index is 0.622. The number of nitrogens with zero attached hydrogens (tertiary/aromatic N) is 1. The quantitative estimate of drug-likeness (QED) is 0.532. The molecule has 1 aromatic heterocycles. The molecule has 0 amide bonds. The fourth-order valence-corrected chi connectivity index (χ4v) is 1.65. The molecule has 0 atom stereocenters. The van der Waals surface area contributed by atoms with E-state index in [0.717, 1.165) is 31.8 Å². The van der Waals surface area contributed by atoms with Gasteiger partial charge in [0.2, 0.25) is 0 Å². The highest BCUT2D eigenvalue weighted by molar-refractivity contribution is 5.02. The lowest BCUT2D eigenvalue weighted by molar-refractivity contribution is 0.0146. The van der Waals surface area contributed by atoms with Gasteiger partial charge in [-0.1, -0.05) is 19.4 Å². The van der Waals surface area contributed by atoms with Crippen molar-refractivity contribution in [1.82, 2.24) is 10.3 Å². The minimum Gasteiger partial charge on any atom is -0.379 e. The van der Waals surface area contributed by atoms with E-state index in [-0.39, 0.29) is 0 Å². The summed E-state index contributed by atoms with van der Waals surface area (Å²) >= 11 is 0. The molecule has 0 radical (unpaired) electrons. The van der Waals surface area contributed by atoms with Gasteiger partial charge in [0.15, 0.2) is 0 Å². The summed E-state index contributed by atoms with van der Waals surface area (Å²) in [7, 11) is 0. The van der Waals surface area contributed by atoms with E-state index in [1.54, 1.807) is 6.20 Å². The first kappa shape index (κ1) is 18.0. The maximum absolute atomic E-state index is 5.47. The fourth-order valence-electron chi connectivity index (χ4n) is 1.65. The number of unbranched alkanes of at least 4 members (excludes halogenated alkanes) is 1.